The van der Waals surface area contributed by atoms with E-state index < -0.39 is 0 Å². The average molecular weight is 1010 g/mol. The fourth-order valence-electron chi connectivity index (χ4n) is 5.65. The summed E-state index contributed by atoms with van der Waals surface area (Å²) >= 11 is 0. The van der Waals surface area contributed by atoms with Crippen molar-refractivity contribution >= 4 is 43.9 Å². The van der Waals surface area contributed by atoms with E-state index in [1.165, 1.54) is 0 Å². The molecule has 50 heavy (non-hydrogen) atoms. The second-order valence-corrected chi connectivity index (χ2v) is 11.2. The van der Waals surface area contributed by atoms with Crippen molar-refractivity contribution in [2.75, 3.05) is 0 Å². The van der Waals surface area contributed by atoms with Crippen molar-refractivity contribution in [1.29, 1.82) is 0 Å². The first-order valence-electron chi connectivity index (χ1n) is 15.2. The topological polar surface area (TPSA) is 65.6 Å². The van der Waals surface area contributed by atoms with E-state index in [2.05, 4.69) is 46.6 Å². The molecule has 2 N–H and O–H groups in total. The molecule has 0 aliphatic carbocycles. The Hall–Kier alpha value is -5.28. The number of hydrogen-bond donors (Lipinski definition) is 2. The van der Waals surface area contributed by atoms with Crippen LogP contribution >= 0.6 is 0 Å². The third-order valence-electron chi connectivity index (χ3n) is 7.93. The summed E-state index contributed by atoms with van der Waals surface area (Å²) in [6, 6.07) is 35.3. The third kappa shape index (κ3) is 7.48. The van der Waals surface area contributed by atoms with Crippen LogP contribution in [0, 0.1) is 37.3 Å². The van der Waals surface area contributed by atoms with Crippen LogP contribution in [-0.2, 0) is 58.9 Å². The van der Waals surface area contributed by atoms with E-state index in [1.807, 2.05) is 133 Å². The summed E-state index contributed by atoms with van der Waals surface area (Å²) in [5.41, 5.74) is 9.41. The molecule has 9 aromatic rings. The van der Waals surface area contributed by atoms with E-state index in [-0.39, 0.29) is 44.8 Å². The van der Waals surface area contributed by atoms with Crippen LogP contribution in [0.15, 0.2) is 130 Å². The van der Waals surface area contributed by atoms with Gasteiger partial charge in [-0.05, 0) is 47.8 Å². The maximum atomic E-state index is 7.10. The Bertz CT molecular complexity index is 2460. The minimum absolute atomic E-state index is 0. The molecule has 0 bridgehead atoms. The maximum absolute atomic E-state index is 7.10. The number of fused-ring (bicyclic) bond motifs is 6. The number of aromatic nitrogens is 4. The smallest absolute Gasteiger partial charge is 0.202 e. The predicted molar refractivity (Wildman–Crippen MR) is 186 cm³/mol. The van der Waals surface area contributed by atoms with Gasteiger partial charge in [0.2, 0.25) is 12.7 Å². The summed E-state index contributed by atoms with van der Waals surface area (Å²) in [6.07, 6.45) is 24.3. The Kier molecular flexibility index (Phi) is 11.5. The number of furan rings is 2. The predicted octanol–water partition coefficient (Wildman–Crippen LogP) is 7.97. The fourth-order valence-corrected chi connectivity index (χ4v) is 5.65. The molecule has 0 fully saturated rings. The van der Waals surface area contributed by atoms with E-state index in [0.717, 1.165) is 77.5 Å². The Morgan fingerprint density at radius 2 is 0.900 bits per heavy atom. The normalized spacial score (nSPS) is 10.2. The Morgan fingerprint density at radius 3 is 1.28 bits per heavy atom. The second-order valence-electron chi connectivity index (χ2n) is 11.2. The van der Waals surface area contributed by atoms with Gasteiger partial charge in [-0.1, -0.05) is 60.7 Å². The minimum Gasteiger partial charge on any atom is -0.456 e. The molecule has 0 unspecified atom stereocenters. The van der Waals surface area contributed by atoms with Gasteiger partial charge in [-0.2, -0.15) is 0 Å². The number of benzene rings is 5. The maximum Gasteiger partial charge on any atom is 0.202 e. The molecule has 9 rings (SSSR count). The van der Waals surface area contributed by atoms with Crippen molar-refractivity contribution in [2.24, 2.45) is 14.1 Å². The zero-order chi connectivity index (χ0) is 33.0. The molecule has 0 saturated carbocycles. The van der Waals surface area contributed by atoms with Crippen LogP contribution in [0.25, 0.3) is 66.4 Å². The quantitative estimate of drug-likeness (QED) is 0.0800. The molecule has 8 heteroatoms. The van der Waals surface area contributed by atoms with Crippen LogP contribution in [0.1, 0.15) is 11.1 Å². The van der Waals surface area contributed by atoms with Crippen LogP contribution < -0.4 is 9.13 Å². The Balaban J connectivity index is 0.000000144. The van der Waals surface area contributed by atoms with Crippen molar-refractivity contribution in [2.45, 2.75) is 0 Å². The number of H-pyrrole nitrogens is 2. The first-order chi connectivity index (χ1) is 23.5. The Labute approximate surface area is 321 Å². The molecule has 0 aliphatic rings. The standard InChI is InChI=1S/C14H14N4.2C14H7O.2Au/c1-17-7-13(15-9-17)11-5-3-4-6-12(11)14-8-18(2)10-16-14;2*1-2-10-7-8-14-12(9-10)11-5-3-4-6-13(11)15-14;;/h3-8,15-16H,1-2H3;2*3-9H;;/q;2*-1;;. The zero-order valence-electron chi connectivity index (χ0n) is 26.9. The van der Waals surface area contributed by atoms with E-state index >= 15 is 0 Å². The summed E-state index contributed by atoms with van der Waals surface area (Å²) in [4.78, 5) is 6.29. The molecule has 0 spiro atoms. The molecule has 2 radical (unpaired) electrons. The molecule has 0 aliphatic heterocycles. The SMILES string of the molecule is C[n+]1[c-][nH]c(-c2ccccc2-c2c[n+](C)[c-][nH]2)c1.[Au].[Au].[C-]#Cc1ccc2oc3ccccc3c2c1.[C-]#Cc1ccc2oc3ccccc3c2c1. The molecule has 4 heterocycles. The molecule has 6 nitrogen and oxygen atoms in total. The van der Waals surface area contributed by atoms with E-state index in [4.69, 9.17) is 21.7 Å². The Morgan fingerprint density at radius 1 is 0.520 bits per heavy atom. The minimum atomic E-state index is 0. The molecular weight excluding hydrogens is 986 g/mol. The van der Waals surface area contributed by atoms with Gasteiger partial charge in [-0.3, -0.25) is 11.8 Å². The van der Waals surface area contributed by atoms with Gasteiger partial charge in [0.1, 0.15) is 22.3 Å². The van der Waals surface area contributed by atoms with Crippen LogP contribution in [0.2, 0.25) is 0 Å². The van der Waals surface area contributed by atoms with Gasteiger partial charge < -0.3 is 40.8 Å². The second kappa shape index (κ2) is 16.0. The third-order valence-corrected chi connectivity index (χ3v) is 7.93. The van der Waals surface area contributed by atoms with Gasteiger partial charge in [0, 0.05) is 77.7 Å². The van der Waals surface area contributed by atoms with Gasteiger partial charge in [0.25, 0.3) is 0 Å². The molecule has 0 saturated heterocycles. The van der Waals surface area contributed by atoms with Gasteiger partial charge in [-0.25, -0.2) is 0 Å². The van der Waals surface area contributed by atoms with E-state index in [9.17, 15) is 0 Å². The van der Waals surface area contributed by atoms with Crippen LogP contribution in [-0.4, -0.2) is 9.97 Å². The van der Waals surface area contributed by atoms with Gasteiger partial charge in [0.05, 0.1) is 14.1 Å². The van der Waals surface area contributed by atoms with Gasteiger partial charge in [-0.15, -0.1) is 35.4 Å². The number of aryl methyl sites for hydroxylation is 2. The van der Waals surface area contributed by atoms with E-state index in [0.29, 0.717) is 0 Å². The molecule has 4 aromatic heterocycles. The summed E-state index contributed by atoms with van der Waals surface area (Å²) in [5.74, 6) is 4.76. The van der Waals surface area contributed by atoms with Crippen LogP contribution in [0.5, 0.6) is 0 Å². The van der Waals surface area contributed by atoms with Crippen molar-refractivity contribution < 1.29 is 62.7 Å². The van der Waals surface area contributed by atoms with E-state index in [1.54, 1.807) is 0 Å². The molecule has 5 aromatic carbocycles. The van der Waals surface area contributed by atoms with Crippen molar-refractivity contribution in [3.8, 4) is 34.4 Å². The monoisotopic (exact) mass is 1010 g/mol. The van der Waals surface area contributed by atoms with Crippen molar-refractivity contribution in [1.82, 2.24) is 9.97 Å². The number of nitrogens with one attached hydrogen (secondary N) is 2. The first-order valence-corrected chi connectivity index (χ1v) is 15.2. The number of rotatable bonds is 2. The number of para-hydroxylation sites is 2. The number of hydrogen-bond acceptors (Lipinski definition) is 2. The summed E-state index contributed by atoms with van der Waals surface area (Å²) < 4.78 is 15.1. The average Bonchev–Trinajstić information content (AvgIpc) is 3.93. The summed E-state index contributed by atoms with van der Waals surface area (Å²) in [7, 11) is 3.90. The zero-order valence-corrected chi connectivity index (χ0v) is 31.2. The number of nitrogens with zero attached hydrogens (tertiary/aromatic N) is 2. The van der Waals surface area contributed by atoms with Crippen molar-refractivity contribution in [3.05, 3.63) is 158 Å². The van der Waals surface area contributed by atoms with Crippen LogP contribution in [0.4, 0.5) is 0 Å². The fraction of sp³-hybridized carbons (Fsp3) is 0.0476. The number of imidazole rings is 2. The summed E-state index contributed by atoms with van der Waals surface area (Å²) in [5, 5.41) is 4.26. The van der Waals surface area contributed by atoms with Crippen LogP contribution in [0.3, 0.4) is 0 Å². The van der Waals surface area contributed by atoms with Gasteiger partial charge >= 0.3 is 0 Å². The summed E-state index contributed by atoms with van der Waals surface area (Å²) in [6.45, 7) is 0. The van der Waals surface area contributed by atoms with Crippen molar-refractivity contribution in [3.63, 3.8) is 0 Å². The molecule has 0 atom stereocenters. The van der Waals surface area contributed by atoms with Gasteiger partial charge in [0.15, 0.2) is 0 Å². The largest absolute Gasteiger partial charge is 0.456 e. The molecule has 252 valence electrons. The molecule has 0 amide bonds. The first kappa shape index (κ1) is 36.0. The molecular formula is C42H28Au2N4O2-2. The number of aromatic amines is 2.